The zero-order valence-corrected chi connectivity index (χ0v) is 20.0. The Labute approximate surface area is 206 Å². The van der Waals surface area contributed by atoms with E-state index in [1.165, 1.54) is 11.8 Å². The molecule has 1 N–H and O–H groups in total. The molecule has 0 aliphatic rings. The molecule has 0 atom stereocenters. The van der Waals surface area contributed by atoms with Crippen molar-refractivity contribution in [2.45, 2.75) is 12.1 Å². The molecule has 0 aliphatic carbocycles. The number of benzene rings is 3. The second-order valence-electron chi connectivity index (χ2n) is 7.07. The number of carbonyl (C=O) groups is 1. The van der Waals surface area contributed by atoms with Crippen molar-refractivity contribution in [3.63, 3.8) is 0 Å². The van der Waals surface area contributed by atoms with Gasteiger partial charge in [0.2, 0.25) is 0 Å². The molecule has 4 rings (SSSR count). The average Bonchev–Trinajstić information content (AvgIpc) is 3.28. The highest BCUT2D eigenvalue weighted by molar-refractivity contribution is 7.99. The van der Waals surface area contributed by atoms with Crippen LogP contribution in [0, 0.1) is 0 Å². The van der Waals surface area contributed by atoms with Gasteiger partial charge in [-0.15, -0.1) is 10.2 Å². The molecule has 1 heterocycles. The van der Waals surface area contributed by atoms with Crippen LogP contribution in [0.5, 0.6) is 5.75 Å². The van der Waals surface area contributed by atoms with Crippen molar-refractivity contribution in [3.8, 4) is 22.8 Å². The summed E-state index contributed by atoms with van der Waals surface area (Å²) in [4.78, 5) is 12.4. The Balaban J connectivity index is 1.51. The van der Waals surface area contributed by atoms with Crippen molar-refractivity contribution in [2.24, 2.45) is 5.10 Å². The Morgan fingerprint density at radius 1 is 1.09 bits per heavy atom. The first-order chi connectivity index (χ1) is 16.6. The monoisotopic (exact) mass is 491 g/mol. The first-order valence-electron chi connectivity index (χ1n) is 10.6. The summed E-state index contributed by atoms with van der Waals surface area (Å²) in [5.41, 5.74) is 5.12. The van der Waals surface area contributed by atoms with Crippen molar-refractivity contribution < 1.29 is 9.53 Å². The molecule has 0 saturated heterocycles. The summed E-state index contributed by atoms with van der Waals surface area (Å²) in [5, 5.41) is 13.9. The number of thioether (sulfide) groups is 1. The van der Waals surface area contributed by atoms with Crippen molar-refractivity contribution in [1.82, 2.24) is 20.2 Å². The standard InChI is InChI=1S/C25H22ClN5O2S/c1-2-33-22-13-11-21(12-14-22)31-24(19-8-4-3-5-9-19)29-30-25(31)34-17-23(32)28-27-16-18-7-6-10-20(26)15-18/h3-16H,2,17H2,1H3,(H,28,32)/b27-16-. The van der Waals surface area contributed by atoms with E-state index in [1.54, 1.807) is 18.3 Å². The first-order valence-corrected chi connectivity index (χ1v) is 11.9. The van der Waals surface area contributed by atoms with Gasteiger partial charge in [-0.3, -0.25) is 9.36 Å². The van der Waals surface area contributed by atoms with E-state index in [4.69, 9.17) is 16.3 Å². The molecule has 0 unspecified atom stereocenters. The number of amides is 1. The molecule has 0 saturated carbocycles. The number of aromatic nitrogens is 3. The van der Waals surface area contributed by atoms with E-state index in [2.05, 4.69) is 20.7 Å². The number of hydrazone groups is 1. The van der Waals surface area contributed by atoms with E-state index in [0.717, 1.165) is 22.6 Å². The second kappa shape index (κ2) is 11.5. The fourth-order valence-corrected chi connectivity index (χ4v) is 4.10. The van der Waals surface area contributed by atoms with Crippen molar-refractivity contribution >= 4 is 35.5 Å². The lowest BCUT2D eigenvalue weighted by Crippen LogP contribution is -2.20. The maximum absolute atomic E-state index is 12.4. The predicted molar refractivity (Wildman–Crippen MR) is 136 cm³/mol. The predicted octanol–water partition coefficient (Wildman–Crippen LogP) is 5.23. The largest absolute Gasteiger partial charge is 0.494 e. The Morgan fingerprint density at radius 2 is 1.88 bits per heavy atom. The zero-order chi connectivity index (χ0) is 23.8. The minimum absolute atomic E-state index is 0.122. The number of nitrogens with one attached hydrogen (secondary N) is 1. The fourth-order valence-electron chi connectivity index (χ4n) is 3.16. The fraction of sp³-hybridized carbons (Fsp3) is 0.120. The molecule has 7 nitrogen and oxygen atoms in total. The van der Waals surface area contributed by atoms with Crippen LogP contribution >= 0.6 is 23.4 Å². The molecule has 0 bridgehead atoms. The number of nitrogens with zero attached hydrogens (tertiary/aromatic N) is 4. The van der Waals surface area contributed by atoms with E-state index in [-0.39, 0.29) is 11.7 Å². The van der Waals surface area contributed by atoms with Gasteiger partial charge in [0.05, 0.1) is 18.6 Å². The Bertz CT molecular complexity index is 1280. The molecule has 34 heavy (non-hydrogen) atoms. The summed E-state index contributed by atoms with van der Waals surface area (Å²) < 4.78 is 7.49. The number of hydrogen-bond acceptors (Lipinski definition) is 6. The molecule has 0 fully saturated rings. The number of ether oxygens (including phenoxy) is 1. The van der Waals surface area contributed by atoms with Gasteiger partial charge in [-0.2, -0.15) is 5.10 Å². The minimum Gasteiger partial charge on any atom is -0.494 e. The number of carbonyl (C=O) groups excluding carboxylic acids is 1. The highest BCUT2D eigenvalue weighted by Crippen LogP contribution is 2.28. The normalized spacial score (nSPS) is 11.0. The van der Waals surface area contributed by atoms with Crippen LogP contribution in [-0.4, -0.2) is 39.2 Å². The SMILES string of the molecule is CCOc1ccc(-n2c(SCC(=O)N/N=C\c3cccc(Cl)c3)nnc2-c2ccccc2)cc1. The van der Waals surface area contributed by atoms with Crippen LogP contribution < -0.4 is 10.2 Å². The summed E-state index contributed by atoms with van der Waals surface area (Å²) in [5.74, 6) is 1.33. The van der Waals surface area contributed by atoms with Crippen LogP contribution in [0.3, 0.4) is 0 Å². The zero-order valence-electron chi connectivity index (χ0n) is 18.4. The smallest absolute Gasteiger partial charge is 0.250 e. The van der Waals surface area contributed by atoms with Gasteiger partial charge in [0, 0.05) is 16.3 Å². The summed E-state index contributed by atoms with van der Waals surface area (Å²) in [6.45, 7) is 2.54. The van der Waals surface area contributed by atoms with Crippen LogP contribution in [0.25, 0.3) is 17.1 Å². The highest BCUT2D eigenvalue weighted by atomic mass is 35.5. The molecule has 0 spiro atoms. The molecule has 172 valence electrons. The topological polar surface area (TPSA) is 81.4 Å². The molecular formula is C25H22ClN5O2S. The van der Waals surface area contributed by atoms with E-state index in [9.17, 15) is 4.79 Å². The first kappa shape index (κ1) is 23.5. The van der Waals surface area contributed by atoms with E-state index < -0.39 is 0 Å². The molecule has 9 heteroatoms. The Kier molecular flexibility index (Phi) is 7.95. The molecule has 0 aliphatic heterocycles. The van der Waals surface area contributed by atoms with Crippen molar-refractivity contribution in [1.29, 1.82) is 0 Å². The maximum Gasteiger partial charge on any atom is 0.250 e. The van der Waals surface area contributed by atoms with Gasteiger partial charge in [0.25, 0.3) is 5.91 Å². The summed E-state index contributed by atoms with van der Waals surface area (Å²) in [6.07, 6.45) is 1.55. The van der Waals surface area contributed by atoms with Crippen LogP contribution in [0.1, 0.15) is 12.5 Å². The third-order valence-electron chi connectivity index (χ3n) is 4.66. The molecular weight excluding hydrogens is 470 g/mol. The van der Waals surface area contributed by atoms with Crippen LogP contribution in [0.15, 0.2) is 89.1 Å². The number of hydrogen-bond donors (Lipinski definition) is 1. The highest BCUT2D eigenvalue weighted by Gasteiger charge is 2.17. The lowest BCUT2D eigenvalue weighted by Gasteiger charge is -2.11. The quantitative estimate of drug-likeness (QED) is 0.197. The van der Waals surface area contributed by atoms with Crippen LogP contribution in [-0.2, 0) is 4.79 Å². The van der Waals surface area contributed by atoms with Gasteiger partial charge in [-0.1, -0.05) is 65.8 Å². The van der Waals surface area contributed by atoms with Gasteiger partial charge in [-0.25, -0.2) is 5.43 Å². The molecule has 1 aromatic heterocycles. The summed E-state index contributed by atoms with van der Waals surface area (Å²) >= 11 is 7.24. The van der Waals surface area contributed by atoms with Gasteiger partial charge in [0.15, 0.2) is 11.0 Å². The second-order valence-corrected chi connectivity index (χ2v) is 8.45. The van der Waals surface area contributed by atoms with Gasteiger partial charge < -0.3 is 4.74 Å². The summed E-state index contributed by atoms with van der Waals surface area (Å²) in [6, 6.07) is 24.7. The van der Waals surface area contributed by atoms with Crippen molar-refractivity contribution in [2.75, 3.05) is 12.4 Å². The molecule has 0 radical (unpaired) electrons. The Morgan fingerprint density at radius 3 is 2.62 bits per heavy atom. The molecule has 3 aromatic carbocycles. The molecule has 4 aromatic rings. The lowest BCUT2D eigenvalue weighted by atomic mass is 10.2. The third-order valence-corrected chi connectivity index (χ3v) is 5.82. The number of rotatable bonds is 9. The summed E-state index contributed by atoms with van der Waals surface area (Å²) in [7, 11) is 0. The van der Waals surface area contributed by atoms with Crippen molar-refractivity contribution in [3.05, 3.63) is 89.4 Å². The van der Waals surface area contributed by atoms with E-state index >= 15 is 0 Å². The van der Waals surface area contributed by atoms with Crippen LogP contribution in [0.4, 0.5) is 0 Å². The van der Waals surface area contributed by atoms with E-state index in [1.807, 2.05) is 78.2 Å². The third kappa shape index (κ3) is 6.03. The maximum atomic E-state index is 12.4. The van der Waals surface area contributed by atoms with Gasteiger partial charge in [0.1, 0.15) is 5.75 Å². The average molecular weight is 492 g/mol. The van der Waals surface area contributed by atoms with E-state index in [0.29, 0.717) is 22.6 Å². The van der Waals surface area contributed by atoms with Crippen LogP contribution in [0.2, 0.25) is 5.02 Å². The van der Waals surface area contributed by atoms with Gasteiger partial charge in [-0.05, 0) is 48.9 Å². The molecule has 1 amide bonds. The number of halogens is 1. The minimum atomic E-state index is -0.259. The lowest BCUT2D eigenvalue weighted by molar-refractivity contribution is -0.118. The van der Waals surface area contributed by atoms with Gasteiger partial charge >= 0.3 is 0 Å². The Hall–Kier alpha value is -3.62.